The van der Waals surface area contributed by atoms with Gasteiger partial charge in [-0.1, -0.05) is 18.2 Å². The zero-order valence-electron chi connectivity index (χ0n) is 20.3. The van der Waals surface area contributed by atoms with Gasteiger partial charge in [-0.05, 0) is 42.0 Å². The van der Waals surface area contributed by atoms with Crippen LogP contribution in [0.5, 0.6) is 23.1 Å². The molecule has 0 N–H and O–H groups in total. The number of aromatic nitrogens is 5. The predicted molar refractivity (Wildman–Crippen MR) is 137 cm³/mol. The summed E-state index contributed by atoms with van der Waals surface area (Å²) in [5.74, 6) is 1.63. The number of rotatable bonds is 4. The van der Waals surface area contributed by atoms with Crippen molar-refractivity contribution in [2.24, 2.45) is 0 Å². The molecule has 1 atom stereocenters. The number of nitrogens with zero attached hydrogens (tertiary/aromatic N) is 5. The van der Waals surface area contributed by atoms with E-state index in [9.17, 15) is 4.79 Å². The molecular formula is C28H19N5O5. The lowest BCUT2D eigenvalue weighted by Crippen LogP contribution is -2.22. The van der Waals surface area contributed by atoms with Crippen LogP contribution in [0.2, 0.25) is 0 Å². The van der Waals surface area contributed by atoms with Crippen LogP contribution in [-0.2, 0) is 0 Å². The van der Waals surface area contributed by atoms with E-state index in [1.54, 1.807) is 55.7 Å². The highest BCUT2D eigenvalue weighted by Gasteiger charge is 2.38. The maximum absolute atomic E-state index is 13.5. The molecule has 0 radical (unpaired) electrons. The van der Waals surface area contributed by atoms with E-state index in [0.29, 0.717) is 56.7 Å². The molecule has 7 rings (SSSR count). The summed E-state index contributed by atoms with van der Waals surface area (Å²) in [7, 11) is 3.13. The largest absolute Gasteiger partial charge is 0.493 e. The molecule has 10 heteroatoms. The Hall–Kier alpha value is -5.25. The summed E-state index contributed by atoms with van der Waals surface area (Å²) >= 11 is 0. The summed E-state index contributed by atoms with van der Waals surface area (Å²) in [5, 5.41) is 5.27. The molecule has 1 aliphatic rings. The predicted octanol–water partition coefficient (Wildman–Crippen LogP) is 4.60. The fraction of sp³-hybridized carbons (Fsp3) is 0.107. The normalized spacial score (nSPS) is 14.1. The molecule has 0 spiro atoms. The Balaban J connectivity index is 1.55. The lowest BCUT2D eigenvalue weighted by Gasteiger charge is -2.27. The minimum Gasteiger partial charge on any atom is -0.493 e. The van der Waals surface area contributed by atoms with E-state index in [1.165, 1.54) is 0 Å². The van der Waals surface area contributed by atoms with Crippen molar-refractivity contribution >= 4 is 16.6 Å². The fourth-order valence-electron chi connectivity index (χ4n) is 4.91. The molecule has 0 fully saturated rings. The minimum atomic E-state index is -0.642. The van der Waals surface area contributed by atoms with Crippen molar-refractivity contribution in [2.45, 2.75) is 5.92 Å². The standard InChI is InChI=1S/C28H19N5O5/c1-35-19-10-9-15(12-20(19)36-2)21-22-24(17-7-3-4-8-18(17)37-28(22)34)38-27-23(21)26-31-25(32-33(26)14-30-27)16-6-5-11-29-13-16/h3-14,21H,1-2H3. The zero-order valence-corrected chi connectivity index (χ0v) is 20.3. The van der Waals surface area contributed by atoms with Crippen LogP contribution >= 0.6 is 0 Å². The average Bonchev–Trinajstić information content (AvgIpc) is 3.41. The van der Waals surface area contributed by atoms with Crippen LogP contribution < -0.4 is 19.8 Å². The van der Waals surface area contributed by atoms with Gasteiger partial charge in [0.25, 0.3) is 0 Å². The third-order valence-electron chi connectivity index (χ3n) is 6.62. The van der Waals surface area contributed by atoms with Gasteiger partial charge in [0.05, 0.1) is 36.7 Å². The first kappa shape index (κ1) is 22.0. The minimum absolute atomic E-state index is 0.325. The van der Waals surface area contributed by atoms with E-state index in [-0.39, 0.29) is 0 Å². The van der Waals surface area contributed by atoms with Crippen molar-refractivity contribution in [1.29, 1.82) is 0 Å². The van der Waals surface area contributed by atoms with Crippen molar-refractivity contribution < 1.29 is 18.6 Å². The first-order valence-electron chi connectivity index (χ1n) is 11.8. The number of benzene rings is 2. The molecule has 0 saturated carbocycles. The summed E-state index contributed by atoms with van der Waals surface area (Å²) < 4.78 is 24.7. The Morgan fingerprint density at radius 1 is 0.974 bits per heavy atom. The number of hydrogen-bond acceptors (Lipinski definition) is 9. The van der Waals surface area contributed by atoms with Gasteiger partial charge in [0, 0.05) is 18.0 Å². The Bertz CT molecular complexity index is 1920. The van der Waals surface area contributed by atoms with Crippen molar-refractivity contribution in [3.63, 3.8) is 0 Å². The van der Waals surface area contributed by atoms with Gasteiger partial charge in [0.15, 0.2) is 28.7 Å². The molecule has 1 aliphatic heterocycles. The molecule has 186 valence electrons. The fourth-order valence-corrected chi connectivity index (χ4v) is 4.91. The second kappa shape index (κ2) is 8.41. The van der Waals surface area contributed by atoms with Gasteiger partial charge in [-0.25, -0.2) is 19.3 Å². The monoisotopic (exact) mass is 505 g/mol. The highest BCUT2D eigenvalue weighted by molar-refractivity contribution is 5.87. The molecule has 0 saturated heterocycles. The van der Waals surface area contributed by atoms with Gasteiger partial charge in [-0.15, -0.1) is 5.10 Å². The van der Waals surface area contributed by atoms with Crippen LogP contribution in [0.15, 0.2) is 82.5 Å². The topological polar surface area (TPSA) is 114 Å². The van der Waals surface area contributed by atoms with Crippen LogP contribution in [0.25, 0.3) is 28.0 Å². The number of hydrogen-bond donors (Lipinski definition) is 0. The number of pyridine rings is 1. The van der Waals surface area contributed by atoms with E-state index in [1.807, 2.05) is 36.4 Å². The molecule has 2 aromatic carbocycles. The first-order valence-corrected chi connectivity index (χ1v) is 11.8. The molecule has 0 bridgehead atoms. The highest BCUT2D eigenvalue weighted by Crippen LogP contribution is 2.49. The van der Waals surface area contributed by atoms with Crippen LogP contribution in [0.1, 0.15) is 22.6 Å². The van der Waals surface area contributed by atoms with Crippen molar-refractivity contribution in [3.05, 3.63) is 100 Å². The molecule has 0 amide bonds. The maximum atomic E-state index is 13.5. The number of ether oxygens (including phenoxy) is 3. The van der Waals surface area contributed by atoms with Gasteiger partial charge >= 0.3 is 5.63 Å². The van der Waals surface area contributed by atoms with Crippen molar-refractivity contribution in [2.75, 3.05) is 14.2 Å². The third-order valence-corrected chi connectivity index (χ3v) is 6.62. The molecular weight excluding hydrogens is 486 g/mol. The summed E-state index contributed by atoms with van der Waals surface area (Å²) in [6.07, 6.45) is 4.92. The SMILES string of the molecule is COc1ccc(C2c3c(c4ccccc4oc3=O)Oc3ncn4nc(-c5cccnc5)nc4c32)cc1OC. The van der Waals surface area contributed by atoms with Crippen molar-refractivity contribution in [3.8, 4) is 34.5 Å². The number of methoxy groups -OCH3 is 2. The molecule has 1 unspecified atom stereocenters. The Labute approximate surface area is 215 Å². The lowest BCUT2D eigenvalue weighted by molar-refractivity contribution is 0.354. The van der Waals surface area contributed by atoms with Gasteiger partial charge in [-0.2, -0.15) is 0 Å². The number of para-hydroxylation sites is 1. The van der Waals surface area contributed by atoms with E-state index >= 15 is 0 Å². The molecule has 5 heterocycles. The maximum Gasteiger partial charge on any atom is 0.344 e. The van der Waals surface area contributed by atoms with Crippen LogP contribution in [0.4, 0.5) is 0 Å². The summed E-state index contributed by atoms with van der Waals surface area (Å²) in [6, 6.07) is 16.4. The summed E-state index contributed by atoms with van der Waals surface area (Å²) in [5.41, 5.74) is 2.81. The zero-order chi connectivity index (χ0) is 25.8. The van der Waals surface area contributed by atoms with Crippen LogP contribution in [0.3, 0.4) is 0 Å². The van der Waals surface area contributed by atoms with E-state index in [0.717, 1.165) is 11.1 Å². The Morgan fingerprint density at radius 2 is 1.84 bits per heavy atom. The number of fused-ring (bicyclic) bond motifs is 6. The van der Waals surface area contributed by atoms with Gasteiger partial charge in [0.2, 0.25) is 5.88 Å². The smallest absolute Gasteiger partial charge is 0.344 e. The van der Waals surface area contributed by atoms with Gasteiger partial charge in [-0.3, -0.25) is 4.98 Å². The molecule has 0 aliphatic carbocycles. The molecule has 38 heavy (non-hydrogen) atoms. The molecule has 10 nitrogen and oxygen atoms in total. The summed E-state index contributed by atoms with van der Waals surface area (Å²) in [6.45, 7) is 0. The average molecular weight is 505 g/mol. The molecule has 4 aromatic heterocycles. The third kappa shape index (κ3) is 3.23. The van der Waals surface area contributed by atoms with Crippen LogP contribution in [0, 0.1) is 0 Å². The summed E-state index contributed by atoms with van der Waals surface area (Å²) in [4.78, 5) is 27.1. The Morgan fingerprint density at radius 3 is 2.66 bits per heavy atom. The first-order chi connectivity index (χ1) is 18.7. The second-order valence-electron chi connectivity index (χ2n) is 8.69. The van der Waals surface area contributed by atoms with E-state index in [2.05, 4.69) is 15.1 Å². The van der Waals surface area contributed by atoms with E-state index in [4.69, 9.17) is 23.6 Å². The Kier molecular flexibility index (Phi) is 4.87. The quantitative estimate of drug-likeness (QED) is 0.317. The van der Waals surface area contributed by atoms with Crippen LogP contribution in [-0.4, -0.2) is 38.8 Å². The lowest BCUT2D eigenvalue weighted by atomic mass is 9.84. The van der Waals surface area contributed by atoms with E-state index < -0.39 is 11.5 Å². The van der Waals surface area contributed by atoms with Crippen molar-refractivity contribution in [1.82, 2.24) is 24.6 Å². The second-order valence-corrected chi connectivity index (χ2v) is 8.69. The van der Waals surface area contributed by atoms with Gasteiger partial charge in [0.1, 0.15) is 11.9 Å². The molecule has 6 aromatic rings. The highest BCUT2D eigenvalue weighted by atomic mass is 16.5. The van der Waals surface area contributed by atoms with Gasteiger partial charge < -0.3 is 18.6 Å².